The molecule has 2 nitrogen and oxygen atoms in total. The third-order valence-corrected chi connectivity index (χ3v) is 2.34. The van der Waals surface area contributed by atoms with Gasteiger partial charge in [-0.2, -0.15) is 0 Å². The van der Waals surface area contributed by atoms with E-state index in [0.29, 0.717) is 11.1 Å². The van der Waals surface area contributed by atoms with E-state index in [9.17, 15) is 9.59 Å². The van der Waals surface area contributed by atoms with Crippen molar-refractivity contribution in [1.29, 1.82) is 0 Å². The van der Waals surface area contributed by atoms with Crippen molar-refractivity contribution in [3.63, 3.8) is 0 Å². The molecule has 0 aliphatic carbocycles. The molecular formula is C6H6O2S. The van der Waals surface area contributed by atoms with Crippen LogP contribution in [0.5, 0.6) is 0 Å². The number of carbonyl (C=O) groups excluding carboxylic acids is 2. The molecule has 0 unspecified atom stereocenters. The fourth-order valence-electron chi connectivity index (χ4n) is 0.543. The van der Waals surface area contributed by atoms with E-state index >= 15 is 0 Å². The summed E-state index contributed by atoms with van der Waals surface area (Å²) in [6.45, 7) is 3.35. The number of hydrogen-bond donors (Lipinski definition) is 0. The monoisotopic (exact) mass is 142 g/mol. The SMILES string of the molecule is CC1=C(C)C(=O)SC1=O. The van der Waals surface area contributed by atoms with Crippen molar-refractivity contribution in [1.82, 2.24) is 0 Å². The van der Waals surface area contributed by atoms with E-state index in [4.69, 9.17) is 0 Å². The van der Waals surface area contributed by atoms with Crippen LogP contribution in [0.4, 0.5) is 0 Å². The van der Waals surface area contributed by atoms with Gasteiger partial charge in [-0.15, -0.1) is 0 Å². The Kier molecular flexibility index (Phi) is 1.45. The first kappa shape index (κ1) is 6.55. The van der Waals surface area contributed by atoms with Crippen molar-refractivity contribution < 1.29 is 9.59 Å². The van der Waals surface area contributed by atoms with Gasteiger partial charge in [0, 0.05) is 11.1 Å². The van der Waals surface area contributed by atoms with E-state index < -0.39 is 0 Å². The Bertz CT molecular complexity index is 193. The Hall–Kier alpha value is -0.570. The van der Waals surface area contributed by atoms with Gasteiger partial charge in [0.05, 0.1) is 0 Å². The number of carbonyl (C=O) groups is 2. The fourth-order valence-corrected chi connectivity index (χ4v) is 1.32. The smallest absolute Gasteiger partial charge is 0.223 e. The van der Waals surface area contributed by atoms with Crippen molar-refractivity contribution in [3.8, 4) is 0 Å². The predicted octanol–water partition coefficient (Wildman–Crippen LogP) is 1.12. The summed E-state index contributed by atoms with van der Waals surface area (Å²) in [5.41, 5.74) is 1.20. The predicted molar refractivity (Wildman–Crippen MR) is 36.0 cm³/mol. The molecule has 1 heterocycles. The van der Waals surface area contributed by atoms with Crippen LogP contribution in [0.3, 0.4) is 0 Å². The molecular weight excluding hydrogens is 136 g/mol. The Morgan fingerprint density at radius 2 is 1.33 bits per heavy atom. The Morgan fingerprint density at radius 1 is 1.00 bits per heavy atom. The van der Waals surface area contributed by atoms with E-state index in [0.717, 1.165) is 11.8 Å². The molecule has 1 aliphatic heterocycles. The maximum atomic E-state index is 10.7. The highest BCUT2D eigenvalue weighted by Crippen LogP contribution is 2.26. The zero-order valence-electron chi connectivity index (χ0n) is 5.22. The van der Waals surface area contributed by atoms with Crippen molar-refractivity contribution in [2.24, 2.45) is 0 Å². The molecule has 0 saturated carbocycles. The Labute approximate surface area is 57.3 Å². The zero-order chi connectivity index (χ0) is 7.02. The maximum Gasteiger partial charge on any atom is 0.223 e. The first-order chi connectivity index (χ1) is 4.13. The van der Waals surface area contributed by atoms with Gasteiger partial charge >= 0.3 is 0 Å². The maximum absolute atomic E-state index is 10.7. The van der Waals surface area contributed by atoms with Crippen molar-refractivity contribution in [2.75, 3.05) is 0 Å². The molecule has 9 heavy (non-hydrogen) atoms. The molecule has 0 saturated heterocycles. The number of rotatable bonds is 0. The lowest BCUT2D eigenvalue weighted by Gasteiger charge is -1.83. The highest BCUT2D eigenvalue weighted by Gasteiger charge is 2.24. The van der Waals surface area contributed by atoms with E-state index in [1.165, 1.54) is 0 Å². The lowest BCUT2D eigenvalue weighted by Crippen LogP contribution is -1.84. The summed E-state index contributed by atoms with van der Waals surface area (Å²) < 4.78 is 0. The van der Waals surface area contributed by atoms with E-state index in [1.54, 1.807) is 13.8 Å². The Morgan fingerprint density at radius 3 is 1.44 bits per heavy atom. The van der Waals surface area contributed by atoms with Crippen LogP contribution >= 0.6 is 11.8 Å². The molecule has 3 heteroatoms. The van der Waals surface area contributed by atoms with Gasteiger partial charge in [-0.25, -0.2) is 0 Å². The van der Waals surface area contributed by atoms with Crippen molar-refractivity contribution in [2.45, 2.75) is 13.8 Å². The average molecular weight is 142 g/mol. The van der Waals surface area contributed by atoms with Gasteiger partial charge < -0.3 is 0 Å². The highest BCUT2D eigenvalue weighted by molar-refractivity contribution is 8.27. The minimum absolute atomic E-state index is 0.0995. The molecule has 0 amide bonds. The van der Waals surface area contributed by atoms with Crippen molar-refractivity contribution in [3.05, 3.63) is 11.1 Å². The van der Waals surface area contributed by atoms with Crippen LogP contribution in [-0.4, -0.2) is 10.2 Å². The van der Waals surface area contributed by atoms with Gasteiger partial charge in [-0.1, -0.05) is 0 Å². The van der Waals surface area contributed by atoms with Crippen LogP contribution in [-0.2, 0) is 9.59 Å². The van der Waals surface area contributed by atoms with Crippen LogP contribution in [0, 0.1) is 0 Å². The molecule has 0 atom stereocenters. The minimum atomic E-state index is -0.0995. The highest BCUT2D eigenvalue weighted by atomic mass is 32.2. The van der Waals surface area contributed by atoms with Gasteiger partial charge in [0.15, 0.2) is 0 Å². The van der Waals surface area contributed by atoms with Gasteiger partial charge in [-0.3, -0.25) is 9.59 Å². The third kappa shape index (κ3) is 0.920. The summed E-state index contributed by atoms with van der Waals surface area (Å²) in [4.78, 5) is 21.4. The second kappa shape index (κ2) is 1.99. The number of thioether (sulfide) groups is 1. The average Bonchev–Trinajstić information content (AvgIpc) is 1.98. The zero-order valence-corrected chi connectivity index (χ0v) is 6.04. The molecule has 0 aromatic rings. The summed E-state index contributed by atoms with van der Waals surface area (Å²) in [6, 6.07) is 0. The largest absolute Gasteiger partial charge is 0.281 e. The van der Waals surface area contributed by atoms with Gasteiger partial charge in [0.1, 0.15) is 0 Å². The normalized spacial score (nSPS) is 19.8. The quantitative estimate of drug-likeness (QED) is 0.508. The molecule has 1 rings (SSSR count). The summed E-state index contributed by atoms with van der Waals surface area (Å²) in [5.74, 6) is 0. The molecule has 0 fully saturated rings. The second-order valence-corrected chi connectivity index (χ2v) is 2.87. The first-order valence-electron chi connectivity index (χ1n) is 2.57. The van der Waals surface area contributed by atoms with Crippen LogP contribution in [0.15, 0.2) is 11.1 Å². The fraction of sp³-hybridized carbons (Fsp3) is 0.333. The topological polar surface area (TPSA) is 34.1 Å². The lowest BCUT2D eigenvalue weighted by molar-refractivity contribution is -0.108. The second-order valence-electron chi connectivity index (χ2n) is 1.93. The molecule has 0 N–H and O–H groups in total. The summed E-state index contributed by atoms with van der Waals surface area (Å²) in [7, 11) is 0. The van der Waals surface area contributed by atoms with Gasteiger partial charge in [0.25, 0.3) is 0 Å². The molecule has 1 aliphatic rings. The molecule has 0 spiro atoms. The molecule has 48 valence electrons. The summed E-state index contributed by atoms with van der Waals surface area (Å²) in [6.07, 6.45) is 0. The number of hydrogen-bond acceptors (Lipinski definition) is 3. The van der Waals surface area contributed by atoms with E-state index in [1.807, 2.05) is 0 Å². The molecule has 0 bridgehead atoms. The summed E-state index contributed by atoms with van der Waals surface area (Å²) >= 11 is 0.785. The van der Waals surface area contributed by atoms with E-state index in [-0.39, 0.29) is 10.2 Å². The minimum Gasteiger partial charge on any atom is -0.281 e. The summed E-state index contributed by atoms with van der Waals surface area (Å²) in [5, 5.41) is -0.199. The molecule has 0 radical (unpaired) electrons. The van der Waals surface area contributed by atoms with E-state index in [2.05, 4.69) is 0 Å². The van der Waals surface area contributed by atoms with Crippen LogP contribution in [0.1, 0.15) is 13.8 Å². The Balaban J connectivity index is 3.06. The van der Waals surface area contributed by atoms with Crippen molar-refractivity contribution >= 4 is 22.0 Å². The third-order valence-electron chi connectivity index (χ3n) is 1.36. The molecule has 0 aromatic carbocycles. The first-order valence-corrected chi connectivity index (χ1v) is 3.38. The lowest BCUT2D eigenvalue weighted by atomic mass is 10.2. The standard InChI is InChI=1S/C6H6O2S/c1-3-4(2)6(8)9-5(3)7/h1-2H3. The van der Waals surface area contributed by atoms with Gasteiger partial charge in [-0.05, 0) is 25.6 Å². The molecule has 0 aromatic heterocycles. The van der Waals surface area contributed by atoms with Crippen LogP contribution < -0.4 is 0 Å². The van der Waals surface area contributed by atoms with Gasteiger partial charge in [0.2, 0.25) is 10.2 Å². The van der Waals surface area contributed by atoms with Crippen LogP contribution in [0.2, 0.25) is 0 Å². The van der Waals surface area contributed by atoms with Crippen LogP contribution in [0.25, 0.3) is 0 Å².